The zero-order valence-corrected chi connectivity index (χ0v) is 18.9. The molecule has 0 aliphatic carbocycles. The quantitative estimate of drug-likeness (QED) is 0.523. The minimum atomic E-state index is -0.747. The molecule has 8 nitrogen and oxygen atoms in total. The van der Waals surface area contributed by atoms with Crippen LogP contribution in [-0.2, 0) is 13.5 Å². The molecule has 3 heterocycles. The lowest BCUT2D eigenvalue weighted by Crippen LogP contribution is -2.24. The summed E-state index contributed by atoms with van der Waals surface area (Å²) in [5.74, 6) is -0.0848. The third-order valence-corrected chi connectivity index (χ3v) is 5.16. The van der Waals surface area contributed by atoms with E-state index in [0.29, 0.717) is 35.7 Å². The van der Waals surface area contributed by atoms with Crippen molar-refractivity contribution in [1.82, 2.24) is 14.8 Å². The van der Waals surface area contributed by atoms with E-state index >= 15 is 0 Å². The minimum Gasteiger partial charge on any atom is -0.487 e. The third kappa shape index (κ3) is 4.87. The van der Waals surface area contributed by atoms with Gasteiger partial charge in [-0.15, -0.1) is 0 Å². The second-order valence-corrected chi connectivity index (χ2v) is 8.60. The zero-order chi connectivity index (χ0) is 23.8. The summed E-state index contributed by atoms with van der Waals surface area (Å²) in [5.41, 5.74) is 0.370. The fourth-order valence-electron chi connectivity index (χ4n) is 3.69. The molecule has 4 rings (SSSR count). The van der Waals surface area contributed by atoms with Crippen molar-refractivity contribution < 1.29 is 23.5 Å². The molecule has 0 atom stereocenters. The lowest BCUT2D eigenvalue weighted by atomic mass is 9.99. The van der Waals surface area contributed by atoms with Crippen molar-refractivity contribution in [1.29, 1.82) is 0 Å². The van der Waals surface area contributed by atoms with Crippen LogP contribution in [0.2, 0.25) is 0 Å². The van der Waals surface area contributed by atoms with Gasteiger partial charge in [0, 0.05) is 49.3 Å². The van der Waals surface area contributed by atoms with Crippen LogP contribution in [0.15, 0.2) is 36.7 Å². The molecule has 1 amide bonds. The van der Waals surface area contributed by atoms with E-state index in [4.69, 9.17) is 9.47 Å². The lowest BCUT2D eigenvalue weighted by molar-refractivity contribution is 0.0971. The Bertz CT molecular complexity index is 1240. The van der Waals surface area contributed by atoms with Gasteiger partial charge in [0.15, 0.2) is 17.4 Å². The molecule has 3 aromatic rings. The summed E-state index contributed by atoms with van der Waals surface area (Å²) in [6, 6.07) is 6.04. The van der Waals surface area contributed by atoms with Gasteiger partial charge in [-0.3, -0.25) is 14.3 Å². The van der Waals surface area contributed by atoms with Crippen LogP contribution in [-0.4, -0.2) is 32.1 Å². The first-order valence-electron chi connectivity index (χ1n) is 10.7. The number of ketones is 1. The highest BCUT2D eigenvalue weighted by atomic mass is 19.1. The number of nitrogens with one attached hydrogen (secondary N) is 1. The van der Waals surface area contributed by atoms with Gasteiger partial charge in [-0.1, -0.05) is 6.92 Å². The number of halogens is 1. The Hall–Kier alpha value is -3.75. The Balaban J connectivity index is 1.65. The van der Waals surface area contributed by atoms with Gasteiger partial charge in [-0.05, 0) is 32.4 Å². The molecule has 1 aromatic carbocycles. The van der Waals surface area contributed by atoms with Gasteiger partial charge in [0.05, 0.1) is 6.20 Å². The number of rotatable bonds is 7. The Morgan fingerprint density at radius 3 is 2.76 bits per heavy atom. The normalized spacial score (nSPS) is 13.8. The molecule has 1 aliphatic rings. The summed E-state index contributed by atoms with van der Waals surface area (Å²) in [7, 11) is 1.75. The number of hydrogen-bond donors (Lipinski definition) is 1. The second-order valence-electron chi connectivity index (χ2n) is 8.60. The average molecular weight is 452 g/mol. The van der Waals surface area contributed by atoms with E-state index in [9.17, 15) is 14.0 Å². The van der Waals surface area contributed by atoms with Crippen LogP contribution in [0.3, 0.4) is 0 Å². The third-order valence-electron chi connectivity index (χ3n) is 5.16. The number of fused-ring (bicyclic) bond motifs is 1. The molecule has 0 unspecified atom stereocenters. The number of benzene rings is 1. The number of Topliss-reactive ketones (excluding diaryl/α,β-unsaturated/α-hetero) is 1. The molecule has 9 heteroatoms. The number of carbonyl (C=O) groups is 2. The summed E-state index contributed by atoms with van der Waals surface area (Å²) in [4.78, 5) is 28.8. The van der Waals surface area contributed by atoms with Crippen molar-refractivity contribution in [2.45, 2.75) is 45.6 Å². The van der Waals surface area contributed by atoms with Crippen LogP contribution in [0.4, 0.5) is 10.2 Å². The average Bonchev–Trinajstić information content (AvgIpc) is 3.28. The van der Waals surface area contributed by atoms with Crippen molar-refractivity contribution in [3.05, 3.63) is 59.3 Å². The predicted molar refractivity (Wildman–Crippen MR) is 120 cm³/mol. The highest BCUT2D eigenvalue weighted by Crippen LogP contribution is 2.43. The smallest absolute Gasteiger partial charge is 0.257 e. The highest BCUT2D eigenvalue weighted by molar-refractivity contribution is 6.04. The molecule has 1 aliphatic heterocycles. The number of ether oxygens (including phenoxy) is 2. The van der Waals surface area contributed by atoms with Crippen LogP contribution in [0.25, 0.3) is 0 Å². The van der Waals surface area contributed by atoms with Crippen LogP contribution in [0, 0.1) is 5.82 Å². The molecular formula is C24H25FN4O4. The fraction of sp³-hybridized carbons (Fsp3) is 0.333. The number of aryl methyl sites for hydroxylation is 1. The summed E-state index contributed by atoms with van der Waals surface area (Å²) in [6.45, 7) is 5.70. The van der Waals surface area contributed by atoms with Crippen LogP contribution < -0.4 is 14.8 Å². The van der Waals surface area contributed by atoms with Gasteiger partial charge in [0.25, 0.3) is 5.91 Å². The van der Waals surface area contributed by atoms with Crippen LogP contribution in [0.5, 0.6) is 17.2 Å². The van der Waals surface area contributed by atoms with E-state index < -0.39 is 11.4 Å². The van der Waals surface area contributed by atoms with E-state index in [-0.39, 0.29) is 29.6 Å². The molecule has 2 aromatic heterocycles. The fourth-order valence-corrected chi connectivity index (χ4v) is 3.69. The van der Waals surface area contributed by atoms with Crippen LogP contribution in [0.1, 0.15) is 60.0 Å². The monoisotopic (exact) mass is 452 g/mol. The number of aromatic nitrogens is 3. The summed E-state index contributed by atoms with van der Waals surface area (Å²) >= 11 is 0. The molecule has 0 fully saturated rings. The predicted octanol–water partition coefficient (Wildman–Crippen LogP) is 4.70. The second kappa shape index (κ2) is 8.65. The molecule has 172 valence electrons. The van der Waals surface area contributed by atoms with Gasteiger partial charge in [-0.2, -0.15) is 5.10 Å². The van der Waals surface area contributed by atoms with Gasteiger partial charge in [0.1, 0.15) is 28.5 Å². The maximum absolute atomic E-state index is 14.5. The topological polar surface area (TPSA) is 95.3 Å². The first kappa shape index (κ1) is 22.4. The van der Waals surface area contributed by atoms with Crippen molar-refractivity contribution >= 4 is 17.5 Å². The standard InChI is InChI=1S/C24H25FN4O4/c1-5-6-18(30)22-17(25)11-15(13-26-22)32-19-9-14(10-20-16(19)12-24(2,3)33-20)23(31)27-21-7-8-29(4)28-21/h7-11,13H,5-6,12H2,1-4H3,(H,27,28,31). The number of anilines is 1. The molecule has 0 bridgehead atoms. The molecular weight excluding hydrogens is 427 g/mol. The minimum absolute atomic E-state index is 0.120. The molecule has 1 N–H and O–H groups in total. The summed E-state index contributed by atoms with van der Waals surface area (Å²) < 4.78 is 28.0. The van der Waals surface area contributed by atoms with Crippen molar-refractivity contribution in [3.8, 4) is 17.2 Å². The van der Waals surface area contributed by atoms with Crippen molar-refractivity contribution in [2.24, 2.45) is 7.05 Å². The first-order chi connectivity index (χ1) is 15.6. The Kier molecular flexibility index (Phi) is 5.88. The van der Waals surface area contributed by atoms with Gasteiger partial charge >= 0.3 is 0 Å². The maximum atomic E-state index is 14.5. The lowest BCUT2D eigenvalue weighted by Gasteiger charge is -2.16. The zero-order valence-electron chi connectivity index (χ0n) is 18.9. The van der Waals surface area contributed by atoms with E-state index in [1.165, 1.54) is 6.20 Å². The van der Waals surface area contributed by atoms with E-state index in [2.05, 4.69) is 15.4 Å². The van der Waals surface area contributed by atoms with Crippen molar-refractivity contribution in [2.75, 3.05) is 5.32 Å². The number of amides is 1. The summed E-state index contributed by atoms with van der Waals surface area (Å²) in [6.07, 6.45) is 4.39. The largest absolute Gasteiger partial charge is 0.487 e. The molecule has 0 radical (unpaired) electrons. The number of hydrogen-bond acceptors (Lipinski definition) is 6. The Labute approximate surface area is 190 Å². The molecule has 0 saturated heterocycles. The van der Waals surface area contributed by atoms with Crippen LogP contribution >= 0.6 is 0 Å². The molecule has 0 saturated carbocycles. The van der Waals surface area contributed by atoms with Gasteiger partial charge in [0.2, 0.25) is 0 Å². The van der Waals surface area contributed by atoms with E-state index in [1.54, 1.807) is 36.1 Å². The Morgan fingerprint density at radius 2 is 2.09 bits per heavy atom. The Morgan fingerprint density at radius 1 is 1.30 bits per heavy atom. The van der Waals surface area contributed by atoms with E-state index in [1.807, 2.05) is 20.8 Å². The maximum Gasteiger partial charge on any atom is 0.257 e. The highest BCUT2D eigenvalue weighted by Gasteiger charge is 2.34. The molecule has 0 spiro atoms. The number of nitrogens with zero attached hydrogens (tertiary/aromatic N) is 3. The SMILES string of the molecule is CCCC(=O)c1ncc(Oc2cc(C(=O)Nc3ccn(C)n3)cc3c2CC(C)(C)O3)cc1F. The molecule has 33 heavy (non-hydrogen) atoms. The van der Waals surface area contributed by atoms with E-state index in [0.717, 1.165) is 11.6 Å². The number of carbonyl (C=O) groups excluding carboxylic acids is 2. The van der Waals surface area contributed by atoms with Crippen molar-refractivity contribution in [3.63, 3.8) is 0 Å². The number of pyridine rings is 1. The first-order valence-corrected chi connectivity index (χ1v) is 10.7. The van der Waals surface area contributed by atoms with Gasteiger partial charge in [-0.25, -0.2) is 9.37 Å². The van der Waals surface area contributed by atoms with Gasteiger partial charge < -0.3 is 14.8 Å². The summed E-state index contributed by atoms with van der Waals surface area (Å²) in [5, 5.41) is 6.88.